The quantitative estimate of drug-likeness (QED) is 0.493. The van der Waals surface area contributed by atoms with E-state index in [1.807, 2.05) is 0 Å². The molecule has 0 bridgehead atoms. The minimum absolute atomic E-state index is 0.0623. The van der Waals surface area contributed by atoms with Crippen LogP contribution in [-0.2, 0) is 23.9 Å². The second-order valence-electron chi connectivity index (χ2n) is 5.74. The summed E-state index contributed by atoms with van der Waals surface area (Å²) in [6, 6.07) is 0. The Morgan fingerprint density at radius 3 is 2.30 bits per heavy atom. The highest BCUT2D eigenvalue weighted by atomic mass is 32.2. The molecule has 7 heteroatoms. The van der Waals surface area contributed by atoms with E-state index in [-0.39, 0.29) is 36.3 Å². The van der Waals surface area contributed by atoms with Gasteiger partial charge in [0, 0.05) is 12.8 Å². The minimum atomic E-state index is -0.662. The molecule has 0 spiro atoms. The molecule has 0 radical (unpaired) electrons. The zero-order valence-electron chi connectivity index (χ0n) is 13.7. The first kappa shape index (κ1) is 19.7. The Kier molecular flexibility index (Phi) is 8.91. The van der Waals surface area contributed by atoms with E-state index in [0.29, 0.717) is 0 Å². The molecule has 0 aromatic rings. The summed E-state index contributed by atoms with van der Waals surface area (Å²) in [6.07, 6.45) is 5.13. The van der Waals surface area contributed by atoms with Crippen molar-refractivity contribution in [2.24, 2.45) is 5.92 Å². The van der Waals surface area contributed by atoms with Crippen LogP contribution in [0.25, 0.3) is 0 Å². The predicted octanol–water partition coefficient (Wildman–Crippen LogP) is 3.26. The molecule has 6 nitrogen and oxygen atoms in total. The number of esters is 1. The van der Waals surface area contributed by atoms with Crippen molar-refractivity contribution in [1.29, 1.82) is 0 Å². The predicted molar refractivity (Wildman–Crippen MR) is 86.0 cm³/mol. The molecule has 1 atom stereocenters. The first-order valence-electron chi connectivity index (χ1n) is 7.92. The van der Waals surface area contributed by atoms with Gasteiger partial charge in [-0.1, -0.05) is 19.3 Å². The molecular weight excluding hydrogens is 320 g/mol. The zero-order chi connectivity index (χ0) is 17.2. The second kappa shape index (κ2) is 10.4. The van der Waals surface area contributed by atoms with Crippen molar-refractivity contribution in [2.75, 3.05) is 6.79 Å². The molecular formula is C16H24O6S. The van der Waals surface area contributed by atoms with Crippen LogP contribution in [0.3, 0.4) is 0 Å². The van der Waals surface area contributed by atoms with Crippen molar-refractivity contribution in [1.82, 2.24) is 0 Å². The van der Waals surface area contributed by atoms with Crippen LogP contribution < -0.4 is 0 Å². The van der Waals surface area contributed by atoms with Gasteiger partial charge < -0.3 is 14.3 Å². The SMILES string of the molecule is CC(=O)CCC(=O)C(C)SC(=O)OCOC(=O)C1CCCCC1. The normalized spacial score (nSPS) is 16.4. The largest absolute Gasteiger partial charge is 0.428 e. The molecule has 1 aliphatic carbocycles. The molecule has 130 valence electrons. The van der Waals surface area contributed by atoms with Crippen LogP contribution in [0.2, 0.25) is 0 Å². The lowest BCUT2D eigenvalue weighted by molar-refractivity contribution is -0.157. The summed E-state index contributed by atoms with van der Waals surface area (Å²) >= 11 is 0.733. The Labute approximate surface area is 140 Å². The molecule has 0 amide bonds. The van der Waals surface area contributed by atoms with E-state index in [1.54, 1.807) is 6.92 Å². The minimum Gasteiger partial charge on any atom is -0.428 e. The van der Waals surface area contributed by atoms with Gasteiger partial charge in [-0.15, -0.1) is 0 Å². The van der Waals surface area contributed by atoms with Gasteiger partial charge in [0.2, 0.25) is 6.79 Å². The summed E-state index contributed by atoms with van der Waals surface area (Å²) in [6.45, 7) is 2.58. The van der Waals surface area contributed by atoms with E-state index < -0.39 is 17.3 Å². The first-order chi connectivity index (χ1) is 10.9. The second-order valence-corrected chi connectivity index (χ2v) is 7.02. The fraction of sp³-hybridized carbons (Fsp3) is 0.750. The van der Waals surface area contributed by atoms with E-state index in [9.17, 15) is 19.2 Å². The number of rotatable bonds is 8. The smallest absolute Gasteiger partial charge is 0.370 e. The molecule has 1 fully saturated rings. The third-order valence-electron chi connectivity index (χ3n) is 3.77. The van der Waals surface area contributed by atoms with Crippen LogP contribution in [0.1, 0.15) is 58.8 Å². The van der Waals surface area contributed by atoms with Crippen LogP contribution >= 0.6 is 11.8 Å². The summed E-state index contributed by atoms with van der Waals surface area (Å²) in [5.41, 5.74) is 0. The lowest BCUT2D eigenvalue weighted by atomic mass is 9.89. The maximum absolute atomic E-state index is 11.8. The van der Waals surface area contributed by atoms with Crippen molar-refractivity contribution in [2.45, 2.75) is 64.0 Å². The molecule has 1 unspecified atom stereocenters. The number of hydrogen-bond donors (Lipinski definition) is 0. The molecule has 1 rings (SSSR count). The van der Waals surface area contributed by atoms with Gasteiger partial charge in [0.1, 0.15) is 11.6 Å². The summed E-state index contributed by atoms with van der Waals surface area (Å²) in [4.78, 5) is 45.9. The average molecular weight is 344 g/mol. The van der Waals surface area contributed by atoms with Crippen molar-refractivity contribution in [3.63, 3.8) is 0 Å². The molecule has 1 aliphatic rings. The van der Waals surface area contributed by atoms with Crippen molar-refractivity contribution >= 4 is 34.6 Å². The van der Waals surface area contributed by atoms with E-state index in [2.05, 4.69) is 0 Å². The number of Topliss-reactive ketones (excluding diaryl/α,β-unsaturated/α-hetero) is 2. The summed E-state index contributed by atoms with van der Waals surface area (Å²) < 4.78 is 9.76. The van der Waals surface area contributed by atoms with Crippen molar-refractivity contribution in [3.8, 4) is 0 Å². The fourth-order valence-corrected chi connectivity index (χ4v) is 2.99. The Morgan fingerprint density at radius 1 is 1.04 bits per heavy atom. The van der Waals surface area contributed by atoms with Gasteiger partial charge >= 0.3 is 11.3 Å². The number of ether oxygens (including phenoxy) is 2. The van der Waals surface area contributed by atoms with Crippen LogP contribution in [-0.4, -0.2) is 34.9 Å². The highest BCUT2D eigenvalue weighted by Gasteiger charge is 2.23. The molecule has 0 aromatic carbocycles. The Balaban J connectivity index is 2.19. The molecule has 1 saturated carbocycles. The van der Waals surface area contributed by atoms with Crippen LogP contribution in [0.15, 0.2) is 0 Å². The lowest BCUT2D eigenvalue weighted by Crippen LogP contribution is -2.22. The average Bonchev–Trinajstić information content (AvgIpc) is 2.53. The number of carbonyl (C=O) groups excluding carboxylic acids is 4. The summed E-state index contributed by atoms with van der Waals surface area (Å²) in [5.74, 6) is -0.663. The van der Waals surface area contributed by atoms with Crippen LogP contribution in [0.5, 0.6) is 0 Å². The highest BCUT2D eigenvalue weighted by Crippen LogP contribution is 2.24. The number of carbonyl (C=O) groups is 4. The van der Waals surface area contributed by atoms with Gasteiger partial charge in [-0.05, 0) is 38.5 Å². The van der Waals surface area contributed by atoms with E-state index in [4.69, 9.17) is 9.47 Å². The van der Waals surface area contributed by atoms with Crippen LogP contribution in [0.4, 0.5) is 4.79 Å². The topological polar surface area (TPSA) is 86.7 Å². The van der Waals surface area contributed by atoms with E-state index in [0.717, 1.165) is 43.9 Å². The molecule has 23 heavy (non-hydrogen) atoms. The third kappa shape index (κ3) is 8.16. The van der Waals surface area contributed by atoms with Gasteiger partial charge in [-0.2, -0.15) is 0 Å². The number of hydrogen-bond acceptors (Lipinski definition) is 7. The maximum atomic E-state index is 11.8. The van der Waals surface area contributed by atoms with Gasteiger partial charge in [-0.3, -0.25) is 9.59 Å². The molecule has 0 N–H and O–H groups in total. The van der Waals surface area contributed by atoms with E-state index >= 15 is 0 Å². The molecule has 0 heterocycles. The van der Waals surface area contributed by atoms with Gasteiger partial charge in [0.15, 0.2) is 0 Å². The molecule has 0 aliphatic heterocycles. The molecule has 0 aromatic heterocycles. The van der Waals surface area contributed by atoms with Crippen molar-refractivity contribution < 1.29 is 28.7 Å². The van der Waals surface area contributed by atoms with Gasteiger partial charge in [0.25, 0.3) is 0 Å². The molecule has 0 saturated heterocycles. The number of thioether (sulfide) groups is 1. The number of ketones is 2. The third-order valence-corrected chi connectivity index (χ3v) is 4.69. The van der Waals surface area contributed by atoms with Gasteiger partial charge in [-0.25, -0.2) is 4.79 Å². The van der Waals surface area contributed by atoms with Crippen LogP contribution in [0, 0.1) is 5.92 Å². The van der Waals surface area contributed by atoms with Crippen molar-refractivity contribution in [3.05, 3.63) is 0 Å². The Morgan fingerprint density at radius 2 is 1.70 bits per heavy atom. The van der Waals surface area contributed by atoms with Gasteiger partial charge in [0.05, 0.1) is 11.2 Å². The maximum Gasteiger partial charge on any atom is 0.370 e. The summed E-state index contributed by atoms with van der Waals surface area (Å²) in [5, 5.41) is -1.25. The monoisotopic (exact) mass is 344 g/mol. The fourth-order valence-electron chi connectivity index (χ4n) is 2.34. The zero-order valence-corrected chi connectivity index (χ0v) is 14.5. The summed E-state index contributed by atoms with van der Waals surface area (Å²) in [7, 11) is 0. The Hall–Kier alpha value is -1.37. The lowest BCUT2D eigenvalue weighted by Gasteiger charge is -2.19. The highest BCUT2D eigenvalue weighted by molar-refractivity contribution is 8.14. The van der Waals surface area contributed by atoms with E-state index in [1.165, 1.54) is 6.92 Å². The first-order valence-corrected chi connectivity index (χ1v) is 8.80. The Bertz CT molecular complexity index is 442. The standard InChI is InChI=1S/C16H24O6S/c1-11(17)8-9-14(18)12(2)23-16(20)22-10-21-15(19)13-6-4-3-5-7-13/h12-13H,3-10H2,1-2H3.